The summed E-state index contributed by atoms with van der Waals surface area (Å²) < 4.78 is 58.3. The summed E-state index contributed by atoms with van der Waals surface area (Å²) in [4.78, 5) is -0.879. The molecule has 0 fully saturated rings. The zero-order valence-corrected chi connectivity index (χ0v) is 15.6. The highest BCUT2D eigenvalue weighted by Crippen LogP contribution is 2.35. The molecule has 2 aromatic rings. The van der Waals surface area contributed by atoms with Crippen LogP contribution in [0.2, 0.25) is 0 Å². The van der Waals surface area contributed by atoms with Crippen LogP contribution in [0.1, 0.15) is 5.69 Å². The number of nitrogens with one attached hydrogen (secondary N) is 1. The fraction of sp³-hybridized carbons (Fsp3) is 0.100. The lowest BCUT2D eigenvalue weighted by Crippen LogP contribution is -2.16. The van der Waals surface area contributed by atoms with E-state index < -0.39 is 31.0 Å². The Morgan fingerprint density at radius 2 is 1.86 bits per heavy atom. The van der Waals surface area contributed by atoms with E-state index in [1.54, 1.807) is 6.92 Å². The number of hydrogen-bond acceptors (Lipinski definition) is 4. The summed E-state index contributed by atoms with van der Waals surface area (Å²) in [5.74, 6) is -2.31. The van der Waals surface area contributed by atoms with Crippen LogP contribution in [0, 0.1) is 18.6 Å². The molecule has 0 unspecified atom stereocenters. The van der Waals surface area contributed by atoms with Crippen molar-refractivity contribution in [1.29, 1.82) is 0 Å². The van der Waals surface area contributed by atoms with Crippen LogP contribution in [0.4, 0.5) is 14.7 Å². The first-order valence-electron chi connectivity index (χ1n) is 5.12. The van der Waals surface area contributed by atoms with Crippen LogP contribution in [-0.4, -0.2) is 13.6 Å². The molecule has 0 saturated heterocycles. The van der Waals surface area contributed by atoms with E-state index in [0.717, 1.165) is 6.07 Å². The molecular weight excluding hydrogens is 506 g/mol. The maximum absolute atomic E-state index is 14.0. The largest absolute Gasteiger partial charge is 0.336 e. The Morgan fingerprint density at radius 3 is 2.38 bits per heavy atom. The van der Waals surface area contributed by atoms with E-state index in [1.165, 1.54) is 0 Å². The predicted molar refractivity (Wildman–Crippen MR) is 81.5 cm³/mol. The Labute approximate surface area is 143 Å². The molecule has 0 aliphatic carbocycles. The summed E-state index contributed by atoms with van der Waals surface area (Å²) in [6.45, 7) is 1.57. The zero-order chi connectivity index (χ0) is 15.9. The minimum absolute atomic E-state index is 0.237. The third kappa shape index (κ3) is 3.15. The first-order chi connectivity index (χ1) is 9.65. The monoisotopic (exact) mass is 508 g/mol. The molecule has 1 aromatic carbocycles. The van der Waals surface area contributed by atoms with Crippen LogP contribution in [0.15, 0.2) is 28.9 Å². The average Bonchev–Trinajstić information content (AvgIpc) is 2.68. The Kier molecular flexibility index (Phi) is 4.76. The minimum Gasteiger partial charge on any atom is -0.336 e. The Hall–Kier alpha value is -0.520. The van der Waals surface area contributed by atoms with Crippen LogP contribution >= 0.6 is 47.8 Å². The zero-order valence-electron chi connectivity index (χ0n) is 10.0. The van der Waals surface area contributed by atoms with Crippen molar-refractivity contribution in [3.8, 4) is 0 Å². The molecule has 0 spiro atoms. The van der Waals surface area contributed by atoms with Crippen LogP contribution in [0.3, 0.4) is 0 Å². The van der Waals surface area contributed by atoms with Gasteiger partial charge in [0.25, 0.3) is 15.9 Å². The number of aryl methyl sites for hydroxylation is 1. The predicted octanol–water partition coefficient (Wildman–Crippen LogP) is 4.35. The summed E-state index contributed by atoms with van der Waals surface area (Å²) in [6.07, 6.45) is 0. The van der Waals surface area contributed by atoms with Crippen LogP contribution in [-0.2, 0) is 10.0 Å². The summed E-state index contributed by atoms with van der Waals surface area (Å²) in [5.41, 5.74) is 0.396. The first-order valence-corrected chi connectivity index (χ1v) is 8.99. The van der Waals surface area contributed by atoms with Gasteiger partial charge in [0.2, 0.25) is 0 Å². The molecule has 5 nitrogen and oxygen atoms in total. The van der Waals surface area contributed by atoms with Crippen molar-refractivity contribution >= 4 is 63.7 Å². The van der Waals surface area contributed by atoms with E-state index in [9.17, 15) is 17.2 Å². The lowest BCUT2D eigenvalue weighted by molar-refractivity contribution is 0.430. The Bertz CT molecular complexity index is 797. The SMILES string of the molecule is Cc1noc(NS(=O)(=O)c2c(F)c(Br)cc(F)c2Br)c1Br. The molecule has 0 aliphatic rings. The lowest BCUT2D eigenvalue weighted by atomic mass is 10.3. The van der Waals surface area contributed by atoms with Gasteiger partial charge in [0.15, 0.2) is 5.82 Å². The van der Waals surface area contributed by atoms with E-state index in [0.29, 0.717) is 5.69 Å². The van der Waals surface area contributed by atoms with E-state index in [4.69, 9.17) is 4.52 Å². The van der Waals surface area contributed by atoms with E-state index in [1.807, 2.05) is 4.72 Å². The van der Waals surface area contributed by atoms with Gasteiger partial charge in [-0.05, 0) is 60.8 Å². The second-order valence-electron chi connectivity index (χ2n) is 3.81. The highest BCUT2D eigenvalue weighted by Gasteiger charge is 2.29. The topological polar surface area (TPSA) is 72.2 Å². The standard InChI is InChI=1S/C10H5Br3F2N2O3S/c1-3-6(12)10(20-16-3)17-21(18,19)9-7(13)5(14)2-4(11)8(9)15/h2,17H,1H3. The number of sulfonamides is 1. The number of hydrogen-bond donors (Lipinski definition) is 1. The van der Waals surface area contributed by atoms with Crippen molar-refractivity contribution in [1.82, 2.24) is 5.16 Å². The van der Waals surface area contributed by atoms with E-state index in [-0.39, 0.29) is 14.8 Å². The average molecular weight is 511 g/mol. The smallest absolute Gasteiger partial charge is 0.268 e. The first kappa shape index (κ1) is 16.8. The quantitative estimate of drug-likeness (QED) is 0.623. The van der Waals surface area contributed by atoms with Gasteiger partial charge in [-0.3, -0.25) is 0 Å². The van der Waals surface area contributed by atoms with Crippen molar-refractivity contribution < 1.29 is 21.7 Å². The fourth-order valence-electron chi connectivity index (χ4n) is 1.38. The highest BCUT2D eigenvalue weighted by molar-refractivity contribution is 9.11. The number of nitrogens with zero attached hydrogens (tertiary/aromatic N) is 1. The van der Waals surface area contributed by atoms with Gasteiger partial charge in [0.05, 0.1) is 14.6 Å². The van der Waals surface area contributed by atoms with Gasteiger partial charge in [-0.25, -0.2) is 21.9 Å². The molecule has 1 heterocycles. The molecule has 0 aliphatic heterocycles. The second-order valence-corrected chi connectivity index (χ2v) is 7.87. The molecule has 1 aromatic heterocycles. The van der Waals surface area contributed by atoms with Crippen LogP contribution in [0.25, 0.3) is 0 Å². The summed E-state index contributed by atoms with van der Waals surface area (Å²) >= 11 is 8.55. The van der Waals surface area contributed by atoms with Crippen LogP contribution in [0.5, 0.6) is 0 Å². The fourth-order valence-corrected chi connectivity index (χ4v) is 4.38. The molecule has 1 N–H and O–H groups in total. The summed E-state index contributed by atoms with van der Waals surface area (Å²) in [6, 6.07) is 0.812. The molecule has 0 amide bonds. The Morgan fingerprint density at radius 1 is 1.24 bits per heavy atom. The molecular formula is C10H5Br3F2N2O3S. The number of anilines is 1. The van der Waals surface area contributed by atoms with Gasteiger partial charge in [-0.1, -0.05) is 5.16 Å². The van der Waals surface area contributed by atoms with E-state index in [2.05, 4.69) is 52.9 Å². The van der Waals surface area contributed by atoms with Gasteiger partial charge in [0, 0.05) is 0 Å². The lowest BCUT2D eigenvalue weighted by Gasteiger charge is -2.10. The molecule has 0 saturated carbocycles. The number of benzene rings is 1. The highest BCUT2D eigenvalue weighted by atomic mass is 79.9. The van der Waals surface area contributed by atoms with Crippen molar-refractivity contribution in [3.63, 3.8) is 0 Å². The molecule has 114 valence electrons. The van der Waals surface area contributed by atoms with Crippen molar-refractivity contribution in [2.45, 2.75) is 11.8 Å². The van der Waals surface area contributed by atoms with Gasteiger partial charge in [-0.15, -0.1) is 0 Å². The summed E-state index contributed by atoms with van der Waals surface area (Å²) in [7, 11) is -4.43. The van der Waals surface area contributed by atoms with Gasteiger partial charge < -0.3 is 4.52 Å². The maximum Gasteiger partial charge on any atom is 0.268 e. The Balaban J connectivity index is 2.58. The van der Waals surface area contributed by atoms with Gasteiger partial charge >= 0.3 is 0 Å². The molecule has 0 atom stereocenters. The third-order valence-electron chi connectivity index (χ3n) is 2.36. The molecule has 0 radical (unpaired) electrons. The second kappa shape index (κ2) is 5.94. The van der Waals surface area contributed by atoms with Gasteiger partial charge in [-0.2, -0.15) is 0 Å². The normalized spacial score (nSPS) is 11.7. The van der Waals surface area contributed by atoms with E-state index >= 15 is 0 Å². The number of rotatable bonds is 3. The van der Waals surface area contributed by atoms with Crippen molar-refractivity contribution in [2.75, 3.05) is 4.72 Å². The number of halogens is 5. The molecule has 2 rings (SSSR count). The molecule has 21 heavy (non-hydrogen) atoms. The molecule has 0 bridgehead atoms. The maximum atomic E-state index is 14.0. The van der Waals surface area contributed by atoms with Gasteiger partial charge in [0.1, 0.15) is 15.2 Å². The van der Waals surface area contributed by atoms with Crippen molar-refractivity contribution in [2.24, 2.45) is 0 Å². The summed E-state index contributed by atoms with van der Waals surface area (Å²) in [5, 5.41) is 3.54. The minimum atomic E-state index is -4.43. The van der Waals surface area contributed by atoms with Crippen molar-refractivity contribution in [3.05, 3.63) is 36.8 Å². The van der Waals surface area contributed by atoms with Crippen LogP contribution < -0.4 is 4.72 Å². The third-order valence-corrected chi connectivity index (χ3v) is 6.28. The molecule has 11 heteroatoms. The number of aromatic nitrogens is 1.